The molecular weight excluding hydrogens is 404 g/mol. The number of H-pyrrole nitrogens is 1. The summed E-state index contributed by atoms with van der Waals surface area (Å²) in [5, 5.41) is 25.8. The molecule has 0 aliphatic heterocycles. The number of carbonyl (C=O) groups is 3. The molecule has 0 aliphatic rings. The number of nitrogens with one attached hydrogen (secondary N) is 3. The van der Waals surface area contributed by atoms with Crippen molar-refractivity contribution in [2.24, 2.45) is 17.0 Å². The summed E-state index contributed by atoms with van der Waals surface area (Å²) in [7, 11) is 1.33. The highest BCUT2D eigenvalue weighted by atomic mass is 16.6. The van der Waals surface area contributed by atoms with E-state index >= 15 is 0 Å². The predicted molar refractivity (Wildman–Crippen MR) is 114 cm³/mol. The molecular formula is C21H28N4O6. The number of nitrogens with zero attached hydrogens (tertiary/aromatic N) is 1. The Kier molecular flexibility index (Phi) is 8.56. The Labute approximate surface area is 179 Å². The zero-order valence-electron chi connectivity index (χ0n) is 17.7. The van der Waals surface area contributed by atoms with Crippen molar-refractivity contribution in [2.45, 2.75) is 39.2 Å². The van der Waals surface area contributed by atoms with Gasteiger partial charge >= 0.3 is 5.97 Å². The third-order valence-corrected chi connectivity index (χ3v) is 4.76. The fourth-order valence-electron chi connectivity index (χ4n) is 3.48. The quantitative estimate of drug-likeness (QED) is 0.208. The van der Waals surface area contributed by atoms with Crippen LogP contribution >= 0.6 is 0 Å². The standard InChI is InChI=1S/C21H28N4O6/c1-12(2)8-13(9-18(26)24-30)21(29)23-17(10-19(27)28)20(25-31-3)15-11-22-16-7-5-4-6-14(15)16/h4-7,11-13,17,22,30H,8-10H2,1-3H3,(H,23,29)(H,24,26)(H,27,28)/b25-20+/t13-,17+/m1/s1. The van der Waals surface area contributed by atoms with Gasteiger partial charge in [-0.1, -0.05) is 37.2 Å². The van der Waals surface area contributed by atoms with Crippen LogP contribution in [0.5, 0.6) is 0 Å². The summed E-state index contributed by atoms with van der Waals surface area (Å²) >= 11 is 0. The van der Waals surface area contributed by atoms with E-state index in [2.05, 4.69) is 15.5 Å². The number of carboxylic acid groups (broad SMARTS) is 1. The second-order valence-electron chi connectivity index (χ2n) is 7.63. The van der Waals surface area contributed by atoms with Crippen LogP contribution in [0.1, 0.15) is 38.7 Å². The first-order valence-corrected chi connectivity index (χ1v) is 9.89. The average molecular weight is 432 g/mol. The highest BCUT2D eigenvalue weighted by molar-refractivity contribution is 6.14. The molecule has 2 rings (SSSR count). The van der Waals surface area contributed by atoms with Crippen molar-refractivity contribution in [1.82, 2.24) is 15.8 Å². The van der Waals surface area contributed by atoms with Gasteiger partial charge in [0.25, 0.3) is 0 Å². The van der Waals surface area contributed by atoms with E-state index in [-0.39, 0.29) is 18.1 Å². The number of carbonyl (C=O) groups excluding carboxylic acids is 2. The van der Waals surface area contributed by atoms with E-state index in [9.17, 15) is 19.5 Å². The number of benzene rings is 1. The Morgan fingerprint density at radius 1 is 1.19 bits per heavy atom. The van der Waals surface area contributed by atoms with Crippen LogP contribution in [0.15, 0.2) is 35.6 Å². The van der Waals surface area contributed by atoms with Gasteiger partial charge in [-0.25, -0.2) is 5.48 Å². The lowest BCUT2D eigenvalue weighted by atomic mass is 9.92. The van der Waals surface area contributed by atoms with Gasteiger partial charge in [-0.2, -0.15) is 0 Å². The van der Waals surface area contributed by atoms with Crippen LogP contribution in [-0.2, 0) is 19.2 Å². The highest BCUT2D eigenvalue weighted by Gasteiger charge is 2.30. The number of aromatic nitrogens is 1. The molecule has 5 N–H and O–H groups in total. The van der Waals surface area contributed by atoms with Crippen molar-refractivity contribution in [3.63, 3.8) is 0 Å². The van der Waals surface area contributed by atoms with Crippen molar-refractivity contribution in [1.29, 1.82) is 0 Å². The lowest BCUT2D eigenvalue weighted by Crippen LogP contribution is -2.46. The molecule has 2 atom stereocenters. The number of aromatic amines is 1. The Morgan fingerprint density at radius 2 is 1.90 bits per heavy atom. The number of aliphatic carboxylic acids is 1. The molecule has 2 amide bonds. The highest BCUT2D eigenvalue weighted by Crippen LogP contribution is 2.22. The Morgan fingerprint density at radius 3 is 2.52 bits per heavy atom. The van der Waals surface area contributed by atoms with Gasteiger partial charge in [0.2, 0.25) is 11.8 Å². The van der Waals surface area contributed by atoms with Gasteiger partial charge in [0.15, 0.2) is 0 Å². The van der Waals surface area contributed by atoms with Gasteiger partial charge < -0.3 is 20.2 Å². The number of amides is 2. The SMILES string of the molecule is CO/N=C(\c1c[nH]c2ccccc12)[C@H](CC(=O)O)NC(=O)[C@@H](CC(=O)NO)CC(C)C. The van der Waals surface area contributed by atoms with E-state index < -0.39 is 36.2 Å². The van der Waals surface area contributed by atoms with E-state index in [1.807, 2.05) is 38.1 Å². The minimum Gasteiger partial charge on any atom is -0.481 e. The molecule has 10 nitrogen and oxygen atoms in total. The summed E-state index contributed by atoms with van der Waals surface area (Å²) in [4.78, 5) is 44.3. The van der Waals surface area contributed by atoms with Crippen LogP contribution in [0.4, 0.5) is 0 Å². The molecule has 1 aromatic heterocycles. The zero-order valence-corrected chi connectivity index (χ0v) is 17.7. The van der Waals surface area contributed by atoms with Gasteiger partial charge in [-0.3, -0.25) is 19.6 Å². The van der Waals surface area contributed by atoms with Gasteiger partial charge in [0.05, 0.1) is 12.5 Å². The van der Waals surface area contributed by atoms with Crippen LogP contribution in [0.25, 0.3) is 10.9 Å². The molecule has 0 aliphatic carbocycles. The normalized spacial score (nSPS) is 13.6. The molecule has 0 spiro atoms. The molecule has 0 saturated carbocycles. The molecule has 0 saturated heterocycles. The van der Waals surface area contributed by atoms with Crippen LogP contribution in [-0.4, -0.2) is 51.9 Å². The first-order valence-electron chi connectivity index (χ1n) is 9.89. The molecule has 0 unspecified atom stereocenters. The number of carboxylic acids is 1. The molecule has 168 valence electrons. The number of hydrogen-bond acceptors (Lipinski definition) is 6. The largest absolute Gasteiger partial charge is 0.481 e. The number of fused-ring (bicyclic) bond motifs is 1. The van der Waals surface area contributed by atoms with E-state index in [4.69, 9.17) is 10.0 Å². The Hall–Kier alpha value is -3.40. The zero-order chi connectivity index (χ0) is 23.0. The van der Waals surface area contributed by atoms with E-state index in [1.54, 1.807) is 6.20 Å². The second-order valence-corrected chi connectivity index (χ2v) is 7.63. The molecule has 31 heavy (non-hydrogen) atoms. The number of para-hydroxylation sites is 1. The second kappa shape index (κ2) is 11.1. The van der Waals surface area contributed by atoms with Crippen LogP contribution in [0, 0.1) is 11.8 Å². The van der Waals surface area contributed by atoms with Gasteiger partial charge in [0.1, 0.15) is 12.8 Å². The van der Waals surface area contributed by atoms with Crippen molar-refractivity contribution >= 4 is 34.4 Å². The van der Waals surface area contributed by atoms with Crippen molar-refractivity contribution in [3.8, 4) is 0 Å². The maximum absolute atomic E-state index is 13.0. The monoisotopic (exact) mass is 432 g/mol. The lowest BCUT2D eigenvalue weighted by Gasteiger charge is -2.23. The van der Waals surface area contributed by atoms with Crippen molar-refractivity contribution < 1.29 is 29.5 Å². The summed E-state index contributed by atoms with van der Waals surface area (Å²) in [6.07, 6.45) is 1.38. The number of hydrogen-bond donors (Lipinski definition) is 5. The number of hydroxylamine groups is 1. The first kappa shape index (κ1) is 23.9. The van der Waals surface area contributed by atoms with E-state index in [0.717, 1.165) is 10.9 Å². The smallest absolute Gasteiger partial charge is 0.305 e. The van der Waals surface area contributed by atoms with E-state index in [1.165, 1.54) is 12.6 Å². The maximum Gasteiger partial charge on any atom is 0.305 e. The molecule has 1 heterocycles. The fraction of sp³-hybridized carbons (Fsp3) is 0.429. The molecule has 1 aromatic carbocycles. The number of rotatable bonds is 11. The third kappa shape index (κ3) is 6.54. The average Bonchev–Trinajstić information content (AvgIpc) is 3.14. The van der Waals surface area contributed by atoms with E-state index in [0.29, 0.717) is 12.0 Å². The minimum absolute atomic E-state index is 0.0981. The lowest BCUT2D eigenvalue weighted by molar-refractivity contribution is -0.138. The van der Waals surface area contributed by atoms with Gasteiger partial charge in [-0.05, 0) is 18.4 Å². The van der Waals surface area contributed by atoms with Crippen molar-refractivity contribution in [3.05, 3.63) is 36.0 Å². The summed E-state index contributed by atoms with van der Waals surface area (Å²) in [5.74, 6) is -3.00. The summed E-state index contributed by atoms with van der Waals surface area (Å²) < 4.78 is 0. The molecule has 0 bridgehead atoms. The fourth-order valence-corrected chi connectivity index (χ4v) is 3.48. The third-order valence-electron chi connectivity index (χ3n) is 4.76. The summed E-state index contributed by atoms with van der Waals surface area (Å²) in [6, 6.07) is 6.39. The maximum atomic E-state index is 13.0. The van der Waals surface area contributed by atoms with Crippen LogP contribution in [0.3, 0.4) is 0 Å². The minimum atomic E-state index is -1.14. The predicted octanol–water partition coefficient (Wildman–Crippen LogP) is 2.04. The molecule has 0 radical (unpaired) electrons. The van der Waals surface area contributed by atoms with Gasteiger partial charge in [0, 0.05) is 35.0 Å². The Bertz CT molecular complexity index is 952. The van der Waals surface area contributed by atoms with Crippen LogP contribution < -0.4 is 10.8 Å². The van der Waals surface area contributed by atoms with Crippen LogP contribution in [0.2, 0.25) is 0 Å². The first-order chi connectivity index (χ1) is 14.8. The Balaban J connectivity index is 2.39. The van der Waals surface area contributed by atoms with Gasteiger partial charge in [-0.15, -0.1) is 0 Å². The topological polar surface area (TPSA) is 153 Å². The summed E-state index contributed by atoms with van der Waals surface area (Å²) in [6.45, 7) is 3.80. The van der Waals surface area contributed by atoms with Crippen molar-refractivity contribution in [2.75, 3.05) is 7.11 Å². The molecule has 2 aromatic rings. The number of oxime groups is 1. The molecule has 10 heteroatoms. The summed E-state index contributed by atoms with van der Waals surface area (Å²) in [5.41, 5.74) is 3.19. The molecule has 0 fully saturated rings.